The second kappa shape index (κ2) is 8.00. The predicted molar refractivity (Wildman–Crippen MR) is 98.5 cm³/mol. The van der Waals surface area contributed by atoms with Crippen molar-refractivity contribution < 1.29 is 27.9 Å². The summed E-state index contributed by atoms with van der Waals surface area (Å²) in [6.45, 7) is 0. The van der Waals surface area contributed by atoms with Crippen LogP contribution in [-0.4, -0.2) is 27.0 Å². The molecule has 0 saturated carbocycles. The summed E-state index contributed by atoms with van der Waals surface area (Å²) in [5, 5.41) is 20.5. The molecule has 2 N–H and O–H groups in total. The maximum absolute atomic E-state index is 13.2. The molecule has 10 heteroatoms. The molecule has 3 rings (SSSR count). The molecule has 0 radical (unpaired) electrons. The molecule has 0 atom stereocenters. The van der Waals surface area contributed by atoms with Crippen molar-refractivity contribution >= 4 is 17.6 Å². The summed E-state index contributed by atoms with van der Waals surface area (Å²) < 4.78 is 39.5. The summed E-state index contributed by atoms with van der Waals surface area (Å²) in [4.78, 5) is 31.4. The first-order valence-electron chi connectivity index (χ1n) is 8.28. The van der Waals surface area contributed by atoms with Crippen molar-refractivity contribution in [1.82, 2.24) is 9.97 Å². The number of hydrogen-bond acceptors (Lipinski definition) is 5. The van der Waals surface area contributed by atoms with Gasteiger partial charge in [-0.05, 0) is 24.3 Å². The molecule has 0 aliphatic carbocycles. The van der Waals surface area contributed by atoms with E-state index >= 15 is 0 Å². The van der Waals surface area contributed by atoms with E-state index in [1.807, 2.05) is 0 Å². The standard InChI is InChI=1S/C20H11F3N4O3/c21-20(22,23)14-4-2-1-3-12(14)16-9-26-17(10-25-16)18(28)27-15-6-5-11(8-24)7-13(15)19(29)30/h1-7,9-10H,(H,27,28)(H,29,30). The first kappa shape index (κ1) is 20.5. The maximum Gasteiger partial charge on any atom is 0.417 e. The lowest BCUT2D eigenvalue weighted by Gasteiger charge is -2.12. The second-order valence-corrected chi connectivity index (χ2v) is 5.96. The Kier molecular flexibility index (Phi) is 5.46. The zero-order valence-corrected chi connectivity index (χ0v) is 14.9. The molecule has 7 nitrogen and oxygen atoms in total. The monoisotopic (exact) mass is 412 g/mol. The van der Waals surface area contributed by atoms with Gasteiger partial charge in [0.1, 0.15) is 5.69 Å². The molecule has 150 valence electrons. The van der Waals surface area contributed by atoms with Gasteiger partial charge < -0.3 is 10.4 Å². The zero-order valence-electron chi connectivity index (χ0n) is 14.9. The van der Waals surface area contributed by atoms with E-state index in [9.17, 15) is 27.9 Å². The third-order valence-electron chi connectivity index (χ3n) is 4.02. The largest absolute Gasteiger partial charge is 0.478 e. The third kappa shape index (κ3) is 4.25. The second-order valence-electron chi connectivity index (χ2n) is 5.96. The van der Waals surface area contributed by atoms with Crippen molar-refractivity contribution in [1.29, 1.82) is 5.26 Å². The van der Waals surface area contributed by atoms with Gasteiger partial charge in [0.25, 0.3) is 5.91 Å². The van der Waals surface area contributed by atoms with Crippen LogP contribution in [0.1, 0.15) is 32.0 Å². The molecule has 1 aromatic heterocycles. The summed E-state index contributed by atoms with van der Waals surface area (Å²) in [5.74, 6) is -2.17. The first-order valence-corrected chi connectivity index (χ1v) is 8.28. The van der Waals surface area contributed by atoms with Crippen LogP contribution in [-0.2, 0) is 6.18 Å². The van der Waals surface area contributed by atoms with Crippen LogP contribution in [0.2, 0.25) is 0 Å². The molecule has 1 heterocycles. The van der Waals surface area contributed by atoms with Gasteiger partial charge in [0, 0.05) is 5.56 Å². The highest BCUT2D eigenvalue weighted by atomic mass is 19.4. The Bertz CT molecular complexity index is 1170. The number of hydrogen-bond donors (Lipinski definition) is 2. The molecule has 0 fully saturated rings. The SMILES string of the molecule is N#Cc1ccc(NC(=O)c2cnc(-c3ccccc3C(F)(F)F)cn2)c(C(=O)O)c1. The predicted octanol–water partition coefficient (Wildman–Crippen LogP) is 3.98. The lowest BCUT2D eigenvalue weighted by atomic mass is 10.0. The smallest absolute Gasteiger partial charge is 0.417 e. The van der Waals surface area contributed by atoms with Crippen LogP contribution in [0.25, 0.3) is 11.3 Å². The molecule has 0 unspecified atom stereocenters. The molecule has 3 aromatic rings. The third-order valence-corrected chi connectivity index (χ3v) is 4.02. The molecule has 30 heavy (non-hydrogen) atoms. The van der Waals surface area contributed by atoms with E-state index in [4.69, 9.17) is 5.26 Å². The highest BCUT2D eigenvalue weighted by Crippen LogP contribution is 2.36. The number of alkyl halides is 3. The average molecular weight is 412 g/mol. The number of rotatable bonds is 4. The van der Waals surface area contributed by atoms with E-state index in [-0.39, 0.29) is 33.8 Å². The van der Waals surface area contributed by atoms with Gasteiger partial charge in [0.2, 0.25) is 0 Å². The van der Waals surface area contributed by atoms with E-state index in [1.54, 1.807) is 6.07 Å². The van der Waals surface area contributed by atoms with Crippen LogP contribution in [0.5, 0.6) is 0 Å². The number of carboxylic acids is 1. The summed E-state index contributed by atoms with van der Waals surface area (Å²) in [6.07, 6.45) is -2.57. The average Bonchev–Trinajstić information content (AvgIpc) is 2.73. The van der Waals surface area contributed by atoms with E-state index < -0.39 is 23.6 Å². The minimum Gasteiger partial charge on any atom is -0.478 e. The van der Waals surface area contributed by atoms with Crippen LogP contribution in [0, 0.1) is 11.3 Å². The molecule has 1 amide bonds. The zero-order chi connectivity index (χ0) is 21.9. The Labute approximate surface area is 167 Å². The van der Waals surface area contributed by atoms with Gasteiger partial charge >= 0.3 is 12.1 Å². The van der Waals surface area contributed by atoms with Gasteiger partial charge in [-0.2, -0.15) is 18.4 Å². The fourth-order valence-electron chi connectivity index (χ4n) is 2.62. The number of amides is 1. The summed E-state index contributed by atoms with van der Waals surface area (Å²) in [6, 6.07) is 10.3. The Morgan fingerprint density at radius 2 is 1.80 bits per heavy atom. The fourth-order valence-corrected chi connectivity index (χ4v) is 2.62. The van der Waals surface area contributed by atoms with Gasteiger partial charge in [0.15, 0.2) is 0 Å². The van der Waals surface area contributed by atoms with Crippen molar-refractivity contribution in [3.05, 3.63) is 77.2 Å². The van der Waals surface area contributed by atoms with E-state index in [0.29, 0.717) is 0 Å². The molecular formula is C20H11F3N4O3. The molecule has 2 aromatic carbocycles. The molecule has 0 aliphatic heterocycles. The van der Waals surface area contributed by atoms with Crippen molar-refractivity contribution in [2.75, 3.05) is 5.32 Å². The van der Waals surface area contributed by atoms with Crippen LogP contribution in [0.4, 0.5) is 18.9 Å². The number of carboxylic acid groups (broad SMARTS) is 1. The number of aromatic carboxylic acids is 1. The fraction of sp³-hybridized carbons (Fsp3) is 0.0500. The Morgan fingerprint density at radius 3 is 2.40 bits per heavy atom. The van der Waals surface area contributed by atoms with Crippen LogP contribution in [0.15, 0.2) is 54.9 Å². The van der Waals surface area contributed by atoms with E-state index in [1.165, 1.54) is 30.3 Å². The topological polar surface area (TPSA) is 116 Å². The van der Waals surface area contributed by atoms with Gasteiger partial charge in [-0.3, -0.25) is 9.78 Å². The summed E-state index contributed by atoms with van der Waals surface area (Å²) in [5.41, 5.74) is -1.67. The Hall–Kier alpha value is -4.26. The summed E-state index contributed by atoms with van der Waals surface area (Å²) >= 11 is 0. The number of benzene rings is 2. The van der Waals surface area contributed by atoms with Gasteiger partial charge in [0.05, 0.1) is 46.5 Å². The Morgan fingerprint density at radius 1 is 1.07 bits per heavy atom. The molecule has 0 saturated heterocycles. The van der Waals surface area contributed by atoms with Crippen molar-refractivity contribution in [2.24, 2.45) is 0 Å². The molecular weight excluding hydrogens is 401 g/mol. The molecule has 0 aliphatic rings. The number of aromatic nitrogens is 2. The van der Waals surface area contributed by atoms with Gasteiger partial charge in [-0.25, -0.2) is 9.78 Å². The van der Waals surface area contributed by atoms with Crippen LogP contribution >= 0.6 is 0 Å². The minimum atomic E-state index is -4.59. The Balaban J connectivity index is 1.88. The van der Waals surface area contributed by atoms with Crippen molar-refractivity contribution in [2.45, 2.75) is 6.18 Å². The number of carbonyl (C=O) groups excluding carboxylic acids is 1. The van der Waals surface area contributed by atoms with Crippen molar-refractivity contribution in [3.63, 3.8) is 0 Å². The number of nitriles is 1. The lowest BCUT2D eigenvalue weighted by molar-refractivity contribution is -0.137. The quantitative estimate of drug-likeness (QED) is 0.670. The van der Waals surface area contributed by atoms with Crippen molar-refractivity contribution in [3.8, 4) is 17.3 Å². The van der Waals surface area contributed by atoms with Crippen LogP contribution < -0.4 is 5.32 Å². The number of halogens is 3. The van der Waals surface area contributed by atoms with Gasteiger partial charge in [-0.1, -0.05) is 18.2 Å². The molecule has 0 bridgehead atoms. The number of nitrogens with zero attached hydrogens (tertiary/aromatic N) is 3. The van der Waals surface area contributed by atoms with E-state index in [2.05, 4.69) is 15.3 Å². The number of nitrogens with one attached hydrogen (secondary N) is 1. The highest BCUT2D eigenvalue weighted by Gasteiger charge is 2.33. The normalized spacial score (nSPS) is 10.9. The van der Waals surface area contributed by atoms with E-state index in [0.717, 1.165) is 24.5 Å². The maximum atomic E-state index is 13.2. The lowest BCUT2D eigenvalue weighted by Crippen LogP contribution is -2.16. The number of anilines is 1. The minimum absolute atomic E-state index is 0.0696. The molecule has 0 spiro atoms. The van der Waals surface area contributed by atoms with Gasteiger partial charge in [-0.15, -0.1) is 0 Å². The van der Waals surface area contributed by atoms with Crippen LogP contribution in [0.3, 0.4) is 0 Å². The first-order chi connectivity index (χ1) is 14.2. The number of carbonyl (C=O) groups is 2. The highest BCUT2D eigenvalue weighted by molar-refractivity contribution is 6.06. The summed E-state index contributed by atoms with van der Waals surface area (Å²) in [7, 11) is 0.